The van der Waals surface area contributed by atoms with Crippen LogP contribution in [0.2, 0.25) is 0 Å². The minimum Gasteiger partial charge on any atom is -0.339 e. The maximum absolute atomic E-state index is 12.2. The SMILES string of the molecule is CCC(CC)C(=O)N1CC[C@@H](C)[C@H]1CC. The highest BCUT2D eigenvalue weighted by Crippen LogP contribution is 2.28. The van der Waals surface area contributed by atoms with Crippen molar-refractivity contribution in [1.29, 1.82) is 0 Å². The van der Waals surface area contributed by atoms with Gasteiger partial charge in [-0.05, 0) is 31.6 Å². The molecule has 1 heterocycles. The third-order valence-electron chi connectivity index (χ3n) is 3.92. The second kappa shape index (κ2) is 5.53. The Kier molecular flexibility index (Phi) is 4.62. The maximum atomic E-state index is 12.2. The normalized spacial score (nSPS) is 26.3. The first-order valence-electron chi connectivity index (χ1n) is 6.46. The zero-order valence-corrected chi connectivity index (χ0v) is 10.6. The maximum Gasteiger partial charge on any atom is 0.225 e. The molecule has 2 nitrogen and oxygen atoms in total. The molecule has 0 aromatic rings. The van der Waals surface area contributed by atoms with Crippen LogP contribution in [0.5, 0.6) is 0 Å². The van der Waals surface area contributed by atoms with Gasteiger partial charge in [-0.15, -0.1) is 0 Å². The lowest BCUT2D eigenvalue weighted by molar-refractivity contribution is -0.137. The summed E-state index contributed by atoms with van der Waals surface area (Å²) in [5.41, 5.74) is 0. The van der Waals surface area contributed by atoms with E-state index in [2.05, 4.69) is 32.6 Å². The summed E-state index contributed by atoms with van der Waals surface area (Å²) in [7, 11) is 0. The standard InChI is InChI=1S/C13H25NO/c1-5-11(6-2)13(15)14-9-8-10(4)12(14)7-3/h10-12H,5-9H2,1-4H3/t10-,12-/m1/s1. The fourth-order valence-corrected chi connectivity index (χ4v) is 2.78. The van der Waals surface area contributed by atoms with Crippen LogP contribution in [-0.4, -0.2) is 23.4 Å². The second-order valence-corrected chi connectivity index (χ2v) is 4.79. The molecule has 1 aliphatic rings. The van der Waals surface area contributed by atoms with Gasteiger partial charge in [0.25, 0.3) is 0 Å². The predicted octanol–water partition coefficient (Wildman–Crippen LogP) is 3.07. The van der Waals surface area contributed by atoms with E-state index in [0.29, 0.717) is 17.9 Å². The van der Waals surface area contributed by atoms with E-state index in [4.69, 9.17) is 0 Å². The highest BCUT2D eigenvalue weighted by molar-refractivity contribution is 5.79. The second-order valence-electron chi connectivity index (χ2n) is 4.79. The lowest BCUT2D eigenvalue weighted by Gasteiger charge is -2.29. The minimum absolute atomic E-state index is 0.254. The number of hydrogen-bond donors (Lipinski definition) is 0. The summed E-state index contributed by atoms with van der Waals surface area (Å²) < 4.78 is 0. The van der Waals surface area contributed by atoms with E-state index in [1.165, 1.54) is 6.42 Å². The van der Waals surface area contributed by atoms with E-state index in [1.54, 1.807) is 0 Å². The zero-order valence-electron chi connectivity index (χ0n) is 10.6. The fraction of sp³-hybridized carbons (Fsp3) is 0.923. The van der Waals surface area contributed by atoms with E-state index >= 15 is 0 Å². The molecule has 0 N–H and O–H groups in total. The van der Waals surface area contributed by atoms with E-state index in [0.717, 1.165) is 25.8 Å². The first kappa shape index (κ1) is 12.5. The molecule has 0 aromatic carbocycles. The average molecular weight is 211 g/mol. The van der Waals surface area contributed by atoms with Crippen LogP contribution >= 0.6 is 0 Å². The molecule has 0 aliphatic carbocycles. The number of nitrogens with zero attached hydrogens (tertiary/aromatic N) is 1. The summed E-state index contributed by atoms with van der Waals surface area (Å²) in [5.74, 6) is 1.34. The van der Waals surface area contributed by atoms with Crippen molar-refractivity contribution in [3.05, 3.63) is 0 Å². The Morgan fingerprint density at radius 1 is 1.33 bits per heavy atom. The van der Waals surface area contributed by atoms with Gasteiger partial charge in [0.2, 0.25) is 5.91 Å². The first-order valence-corrected chi connectivity index (χ1v) is 6.46. The van der Waals surface area contributed by atoms with E-state index in [9.17, 15) is 4.79 Å². The summed E-state index contributed by atoms with van der Waals surface area (Å²) in [6.07, 6.45) is 4.25. The summed E-state index contributed by atoms with van der Waals surface area (Å²) in [6, 6.07) is 0.498. The fourth-order valence-electron chi connectivity index (χ4n) is 2.78. The molecule has 2 heteroatoms. The molecule has 0 bridgehead atoms. The van der Waals surface area contributed by atoms with Gasteiger partial charge in [-0.2, -0.15) is 0 Å². The molecule has 1 saturated heterocycles. The van der Waals surface area contributed by atoms with Gasteiger partial charge in [0.05, 0.1) is 0 Å². The van der Waals surface area contributed by atoms with Crippen LogP contribution in [0.15, 0.2) is 0 Å². The zero-order chi connectivity index (χ0) is 11.4. The largest absolute Gasteiger partial charge is 0.339 e. The molecule has 1 amide bonds. The van der Waals surface area contributed by atoms with Crippen molar-refractivity contribution in [3.63, 3.8) is 0 Å². The summed E-state index contributed by atoms with van der Waals surface area (Å²) in [5, 5.41) is 0. The van der Waals surface area contributed by atoms with Gasteiger partial charge in [-0.1, -0.05) is 27.7 Å². The number of carbonyl (C=O) groups excluding carboxylic acids is 1. The summed E-state index contributed by atoms with van der Waals surface area (Å²) in [6.45, 7) is 9.68. The predicted molar refractivity (Wildman–Crippen MR) is 63.6 cm³/mol. The van der Waals surface area contributed by atoms with Crippen molar-refractivity contribution < 1.29 is 4.79 Å². The highest BCUT2D eigenvalue weighted by atomic mass is 16.2. The van der Waals surface area contributed by atoms with Crippen LogP contribution in [0, 0.1) is 11.8 Å². The van der Waals surface area contributed by atoms with Gasteiger partial charge in [-0.25, -0.2) is 0 Å². The molecule has 15 heavy (non-hydrogen) atoms. The Morgan fingerprint density at radius 2 is 1.93 bits per heavy atom. The number of rotatable bonds is 4. The number of amides is 1. The molecule has 0 unspecified atom stereocenters. The van der Waals surface area contributed by atoms with Crippen LogP contribution < -0.4 is 0 Å². The van der Waals surface area contributed by atoms with Crippen molar-refractivity contribution in [2.75, 3.05) is 6.54 Å². The average Bonchev–Trinajstić information content (AvgIpc) is 2.61. The van der Waals surface area contributed by atoms with Gasteiger partial charge in [-0.3, -0.25) is 4.79 Å². The minimum atomic E-state index is 0.254. The lowest BCUT2D eigenvalue weighted by Crippen LogP contribution is -2.40. The Bertz CT molecular complexity index is 211. The van der Waals surface area contributed by atoms with Crippen LogP contribution in [0.1, 0.15) is 53.4 Å². The van der Waals surface area contributed by atoms with Crippen molar-refractivity contribution in [1.82, 2.24) is 4.90 Å². The smallest absolute Gasteiger partial charge is 0.225 e. The Labute approximate surface area is 94.0 Å². The molecule has 0 spiro atoms. The van der Waals surface area contributed by atoms with Crippen LogP contribution in [-0.2, 0) is 4.79 Å². The Balaban J connectivity index is 2.66. The highest BCUT2D eigenvalue weighted by Gasteiger charge is 2.34. The molecule has 1 fully saturated rings. The molecule has 88 valence electrons. The van der Waals surface area contributed by atoms with Crippen molar-refractivity contribution in [3.8, 4) is 0 Å². The van der Waals surface area contributed by atoms with Gasteiger partial charge in [0, 0.05) is 18.5 Å². The van der Waals surface area contributed by atoms with Gasteiger partial charge < -0.3 is 4.90 Å². The molecule has 1 aliphatic heterocycles. The topological polar surface area (TPSA) is 20.3 Å². The van der Waals surface area contributed by atoms with Crippen LogP contribution in [0.4, 0.5) is 0 Å². The molecule has 1 rings (SSSR count). The molecule has 2 atom stereocenters. The summed E-state index contributed by atoms with van der Waals surface area (Å²) in [4.78, 5) is 14.4. The number of likely N-dealkylation sites (tertiary alicyclic amines) is 1. The molecule has 0 radical (unpaired) electrons. The molecular formula is C13H25NO. The van der Waals surface area contributed by atoms with Crippen LogP contribution in [0.25, 0.3) is 0 Å². The third kappa shape index (κ3) is 2.53. The van der Waals surface area contributed by atoms with E-state index in [1.807, 2.05) is 0 Å². The molecule has 0 aromatic heterocycles. The monoisotopic (exact) mass is 211 g/mol. The van der Waals surface area contributed by atoms with Crippen molar-refractivity contribution >= 4 is 5.91 Å². The summed E-state index contributed by atoms with van der Waals surface area (Å²) >= 11 is 0. The third-order valence-corrected chi connectivity index (χ3v) is 3.92. The van der Waals surface area contributed by atoms with E-state index in [-0.39, 0.29) is 5.92 Å². The van der Waals surface area contributed by atoms with Gasteiger partial charge in [0.1, 0.15) is 0 Å². The Hall–Kier alpha value is -0.530. The van der Waals surface area contributed by atoms with Crippen molar-refractivity contribution in [2.45, 2.75) is 59.4 Å². The molecular weight excluding hydrogens is 186 g/mol. The van der Waals surface area contributed by atoms with Crippen molar-refractivity contribution in [2.24, 2.45) is 11.8 Å². The van der Waals surface area contributed by atoms with Gasteiger partial charge >= 0.3 is 0 Å². The quantitative estimate of drug-likeness (QED) is 0.700. The Morgan fingerprint density at radius 3 is 2.40 bits per heavy atom. The van der Waals surface area contributed by atoms with E-state index < -0.39 is 0 Å². The number of hydrogen-bond acceptors (Lipinski definition) is 1. The van der Waals surface area contributed by atoms with Gasteiger partial charge in [0.15, 0.2) is 0 Å². The van der Waals surface area contributed by atoms with Crippen LogP contribution in [0.3, 0.4) is 0 Å². The molecule has 0 saturated carbocycles. The number of carbonyl (C=O) groups is 1. The lowest BCUT2D eigenvalue weighted by atomic mass is 9.98. The first-order chi connectivity index (χ1) is 7.15.